The highest BCUT2D eigenvalue weighted by Gasteiger charge is 2.34. The highest BCUT2D eigenvalue weighted by molar-refractivity contribution is 6.24. The molecule has 0 amide bonds. The Balaban J connectivity index is 1.56. The molecule has 0 unspecified atom stereocenters. The number of nitro benzene ring substituents is 1. The molecule has 172 valence electrons. The molecular weight excluding hydrogens is 458 g/mol. The Labute approximate surface area is 204 Å². The van der Waals surface area contributed by atoms with Crippen molar-refractivity contribution in [3.05, 3.63) is 105 Å². The van der Waals surface area contributed by atoms with Crippen LogP contribution in [0, 0.1) is 21.4 Å². The summed E-state index contributed by atoms with van der Waals surface area (Å²) in [5.41, 5.74) is 4.54. The quantitative estimate of drug-likeness (QED) is 0.245. The fourth-order valence-corrected chi connectivity index (χ4v) is 4.50. The predicted octanol–water partition coefficient (Wildman–Crippen LogP) is 5.64. The maximum absolute atomic E-state index is 13.5. The van der Waals surface area contributed by atoms with Gasteiger partial charge in [0.2, 0.25) is 6.79 Å². The minimum absolute atomic E-state index is 0.0132. The van der Waals surface area contributed by atoms with Gasteiger partial charge in [-0.2, -0.15) is 5.26 Å². The third-order valence-corrected chi connectivity index (χ3v) is 6.19. The standard InChI is InChI=1S/C28H15N3O5/c29-14-21-22(11-7-16-5-9-18(10-6-16)31(33)34)30-27-19-3-1-2-4-20(19)28(32)26(27)25(21)17-8-12-23-24(13-17)36-15-35-23/h1-13H,15H2/b11-7+. The van der Waals surface area contributed by atoms with Gasteiger partial charge in [0.15, 0.2) is 17.3 Å². The first-order valence-corrected chi connectivity index (χ1v) is 11.0. The van der Waals surface area contributed by atoms with Crippen molar-refractivity contribution in [2.24, 2.45) is 0 Å². The van der Waals surface area contributed by atoms with Crippen LogP contribution in [0.15, 0.2) is 66.7 Å². The summed E-state index contributed by atoms with van der Waals surface area (Å²) in [6.45, 7) is 0.103. The van der Waals surface area contributed by atoms with Crippen LogP contribution in [0.25, 0.3) is 34.5 Å². The van der Waals surface area contributed by atoms with E-state index in [9.17, 15) is 20.2 Å². The van der Waals surface area contributed by atoms with E-state index in [2.05, 4.69) is 6.07 Å². The normalized spacial score (nSPS) is 12.9. The van der Waals surface area contributed by atoms with E-state index in [1.807, 2.05) is 12.1 Å². The van der Waals surface area contributed by atoms with Gasteiger partial charge in [-0.15, -0.1) is 0 Å². The Kier molecular flexibility index (Phi) is 4.83. The molecule has 3 aromatic carbocycles. The van der Waals surface area contributed by atoms with Gasteiger partial charge in [-0.1, -0.05) is 36.4 Å². The molecule has 2 heterocycles. The fourth-order valence-electron chi connectivity index (χ4n) is 4.50. The van der Waals surface area contributed by atoms with Crippen LogP contribution in [0.3, 0.4) is 0 Å². The number of nitriles is 1. The Morgan fingerprint density at radius 2 is 1.69 bits per heavy atom. The van der Waals surface area contributed by atoms with Crippen molar-refractivity contribution in [3.63, 3.8) is 0 Å². The van der Waals surface area contributed by atoms with E-state index >= 15 is 0 Å². The lowest BCUT2D eigenvalue weighted by atomic mass is 9.91. The molecule has 0 spiro atoms. The lowest BCUT2D eigenvalue weighted by Crippen LogP contribution is -2.04. The van der Waals surface area contributed by atoms with E-state index in [0.717, 1.165) is 0 Å². The highest BCUT2D eigenvalue weighted by Crippen LogP contribution is 2.45. The summed E-state index contributed by atoms with van der Waals surface area (Å²) in [6, 6.07) is 20.8. The fraction of sp³-hybridized carbons (Fsp3) is 0.0357. The maximum Gasteiger partial charge on any atom is 0.269 e. The zero-order chi connectivity index (χ0) is 24.8. The molecular formula is C28H15N3O5. The van der Waals surface area contributed by atoms with E-state index in [0.29, 0.717) is 56.3 Å². The van der Waals surface area contributed by atoms with Crippen molar-refractivity contribution in [2.45, 2.75) is 0 Å². The first-order chi connectivity index (χ1) is 17.5. The SMILES string of the molecule is N#Cc1c(/C=C/c2ccc([N+](=O)[O-])cc2)nc2c(c1-c1ccc3c(c1)OCO3)C(=O)c1ccccc1-2. The summed E-state index contributed by atoms with van der Waals surface area (Å²) >= 11 is 0. The molecule has 1 aliphatic carbocycles. The number of carbonyl (C=O) groups excluding carboxylic acids is 1. The van der Waals surface area contributed by atoms with Crippen LogP contribution in [0.2, 0.25) is 0 Å². The molecule has 0 saturated heterocycles. The number of benzene rings is 3. The molecule has 0 fully saturated rings. The minimum atomic E-state index is -0.463. The molecule has 4 aromatic rings. The van der Waals surface area contributed by atoms with Crippen molar-refractivity contribution < 1.29 is 19.2 Å². The van der Waals surface area contributed by atoms with Crippen LogP contribution >= 0.6 is 0 Å². The predicted molar refractivity (Wildman–Crippen MR) is 131 cm³/mol. The number of hydrogen-bond donors (Lipinski definition) is 0. The minimum Gasteiger partial charge on any atom is -0.454 e. The topological polar surface area (TPSA) is 115 Å². The second-order valence-corrected chi connectivity index (χ2v) is 8.21. The lowest BCUT2D eigenvalue weighted by molar-refractivity contribution is -0.384. The van der Waals surface area contributed by atoms with Gasteiger partial charge in [0.1, 0.15) is 6.07 Å². The molecule has 0 atom stereocenters. The zero-order valence-corrected chi connectivity index (χ0v) is 18.6. The number of pyridine rings is 1. The Hall–Kier alpha value is -5.29. The number of non-ortho nitro benzene ring substituents is 1. The first kappa shape index (κ1) is 21.3. The number of ether oxygens (including phenoxy) is 2. The molecule has 0 saturated carbocycles. The van der Waals surface area contributed by atoms with Crippen LogP contribution in [0.4, 0.5) is 5.69 Å². The number of hydrogen-bond acceptors (Lipinski definition) is 7. The largest absolute Gasteiger partial charge is 0.454 e. The molecule has 36 heavy (non-hydrogen) atoms. The number of ketones is 1. The van der Waals surface area contributed by atoms with Crippen LogP contribution in [-0.4, -0.2) is 22.5 Å². The summed E-state index contributed by atoms with van der Waals surface area (Å²) in [4.78, 5) is 28.7. The molecule has 8 heteroatoms. The van der Waals surface area contributed by atoms with E-state index in [1.54, 1.807) is 54.6 Å². The highest BCUT2D eigenvalue weighted by atomic mass is 16.7. The summed E-state index contributed by atoms with van der Waals surface area (Å²) in [6.07, 6.45) is 3.41. The maximum atomic E-state index is 13.5. The Morgan fingerprint density at radius 1 is 0.944 bits per heavy atom. The van der Waals surface area contributed by atoms with Gasteiger partial charge in [-0.05, 0) is 41.5 Å². The van der Waals surface area contributed by atoms with Gasteiger partial charge in [0.25, 0.3) is 5.69 Å². The molecule has 0 N–H and O–H groups in total. The van der Waals surface area contributed by atoms with Crippen molar-refractivity contribution in [1.29, 1.82) is 5.26 Å². The van der Waals surface area contributed by atoms with Crippen LogP contribution in [-0.2, 0) is 0 Å². The number of fused-ring (bicyclic) bond motifs is 4. The molecule has 1 aliphatic heterocycles. The summed E-state index contributed by atoms with van der Waals surface area (Å²) < 4.78 is 11.0. The van der Waals surface area contributed by atoms with Crippen molar-refractivity contribution in [2.75, 3.05) is 6.79 Å². The third-order valence-electron chi connectivity index (χ3n) is 6.19. The van der Waals surface area contributed by atoms with Gasteiger partial charge in [-0.25, -0.2) is 4.98 Å². The molecule has 0 bridgehead atoms. The zero-order valence-electron chi connectivity index (χ0n) is 18.6. The average Bonchev–Trinajstić information content (AvgIpc) is 3.49. The molecule has 2 aliphatic rings. The second kappa shape index (κ2) is 8.18. The molecule has 1 aromatic heterocycles. The number of aromatic nitrogens is 1. The first-order valence-electron chi connectivity index (χ1n) is 11.0. The third kappa shape index (κ3) is 3.30. The lowest BCUT2D eigenvalue weighted by Gasteiger charge is -2.13. The smallest absolute Gasteiger partial charge is 0.269 e. The van der Waals surface area contributed by atoms with Crippen LogP contribution in [0.1, 0.15) is 32.7 Å². The van der Waals surface area contributed by atoms with Gasteiger partial charge in [0, 0.05) is 28.8 Å². The molecule has 0 radical (unpaired) electrons. The number of carbonyl (C=O) groups is 1. The number of nitrogens with zero attached hydrogens (tertiary/aromatic N) is 3. The number of rotatable bonds is 4. The monoisotopic (exact) mass is 473 g/mol. The number of nitro groups is 1. The van der Waals surface area contributed by atoms with Crippen molar-refractivity contribution >= 4 is 23.6 Å². The average molecular weight is 473 g/mol. The van der Waals surface area contributed by atoms with Crippen molar-refractivity contribution in [3.8, 4) is 40.0 Å². The summed E-state index contributed by atoms with van der Waals surface area (Å²) in [5.74, 6) is 0.937. The van der Waals surface area contributed by atoms with Gasteiger partial charge in [0.05, 0.1) is 27.4 Å². The van der Waals surface area contributed by atoms with Crippen molar-refractivity contribution in [1.82, 2.24) is 4.98 Å². The van der Waals surface area contributed by atoms with Crippen LogP contribution < -0.4 is 9.47 Å². The van der Waals surface area contributed by atoms with E-state index < -0.39 is 4.92 Å². The van der Waals surface area contributed by atoms with Gasteiger partial charge < -0.3 is 9.47 Å². The summed E-state index contributed by atoms with van der Waals surface area (Å²) in [7, 11) is 0. The second-order valence-electron chi connectivity index (χ2n) is 8.21. The van der Waals surface area contributed by atoms with E-state index in [4.69, 9.17) is 14.5 Å². The summed E-state index contributed by atoms with van der Waals surface area (Å²) in [5, 5.41) is 21.2. The Morgan fingerprint density at radius 3 is 2.44 bits per heavy atom. The molecule has 8 nitrogen and oxygen atoms in total. The van der Waals surface area contributed by atoms with E-state index in [-0.39, 0.29) is 23.8 Å². The molecule has 6 rings (SSSR count). The van der Waals surface area contributed by atoms with E-state index in [1.165, 1.54) is 12.1 Å². The van der Waals surface area contributed by atoms with Gasteiger partial charge >= 0.3 is 0 Å². The van der Waals surface area contributed by atoms with Gasteiger partial charge in [-0.3, -0.25) is 14.9 Å². The Bertz CT molecular complexity index is 1670. The van der Waals surface area contributed by atoms with Crippen LogP contribution in [0.5, 0.6) is 11.5 Å².